The van der Waals surface area contributed by atoms with Crippen LogP contribution >= 0.6 is 15.9 Å². The van der Waals surface area contributed by atoms with Crippen molar-refractivity contribution in [2.45, 2.75) is 18.9 Å². The SMILES string of the molecule is CNC(CCCOC)c1ncccc1Br. The maximum atomic E-state index is 5.04. The number of methoxy groups -OCH3 is 1. The molecule has 0 aromatic carbocycles. The fraction of sp³-hybridized carbons (Fsp3) is 0.545. The number of nitrogens with one attached hydrogen (secondary N) is 1. The van der Waals surface area contributed by atoms with Gasteiger partial charge in [-0.25, -0.2) is 0 Å². The molecule has 1 N–H and O–H groups in total. The van der Waals surface area contributed by atoms with E-state index >= 15 is 0 Å². The molecular formula is C11H17BrN2O. The molecule has 1 atom stereocenters. The Balaban J connectivity index is 2.61. The first-order chi connectivity index (χ1) is 7.29. The van der Waals surface area contributed by atoms with E-state index in [0.717, 1.165) is 29.6 Å². The van der Waals surface area contributed by atoms with Crippen molar-refractivity contribution in [3.05, 3.63) is 28.5 Å². The topological polar surface area (TPSA) is 34.1 Å². The van der Waals surface area contributed by atoms with Gasteiger partial charge in [0.05, 0.1) is 11.7 Å². The van der Waals surface area contributed by atoms with Gasteiger partial charge in [-0.05, 0) is 48.0 Å². The molecule has 1 aromatic heterocycles. The summed E-state index contributed by atoms with van der Waals surface area (Å²) in [5.74, 6) is 0. The van der Waals surface area contributed by atoms with Crippen molar-refractivity contribution in [1.82, 2.24) is 10.3 Å². The summed E-state index contributed by atoms with van der Waals surface area (Å²) in [7, 11) is 3.68. The Labute approximate surface area is 99.4 Å². The number of halogens is 1. The molecule has 1 heterocycles. The van der Waals surface area contributed by atoms with E-state index in [-0.39, 0.29) is 6.04 Å². The van der Waals surface area contributed by atoms with Crippen LogP contribution in [0.2, 0.25) is 0 Å². The van der Waals surface area contributed by atoms with Gasteiger partial charge in [-0.1, -0.05) is 0 Å². The van der Waals surface area contributed by atoms with E-state index in [9.17, 15) is 0 Å². The zero-order valence-corrected chi connectivity index (χ0v) is 10.8. The van der Waals surface area contributed by atoms with Crippen molar-refractivity contribution < 1.29 is 4.74 Å². The number of hydrogen-bond donors (Lipinski definition) is 1. The minimum Gasteiger partial charge on any atom is -0.385 e. The lowest BCUT2D eigenvalue weighted by molar-refractivity contribution is 0.189. The quantitative estimate of drug-likeness (QED) is 0.809. The number of hydrogen-bond acceptors (Lipinski definition) is 3. The molecule has 0 radical (unpaired) electrons. The van der Waals surface area contributed by atoms with Crippen LogP contribution in [-0.2, 0) is 4.74 Å². The van der Waals surface area contributed by atoms with Crippen molar-refractivity contribution in [3.63, 3.8) is 0 Å². The summed E-state index contributed by atoms with van der Waals surface area (Å²) < 4.78 is 6.10. The Morgan fingerprint density at radius 3 is 3.00 bits per heavy atom. The van der Waals surface area contributed by atoms with E-state index in [1.54, 1.807) is 7.11 Å². The van der Waals surface area contributed by atoms with Crippen LogP contribution in [0.4, 0.5) is 0 Å². The van der Waals surface area contributed by atoms with Crippen molar-refractivity contribution in [2.24, 2.45) is 0 Å². The van der Waals surface area contributed by atoms with Crippen LogP contribution in [-0.4, -0.2) is 25.7 Å². The van der Waals surface area contributed by atoms with E-state index in [0.29, 0.717) is 0 Å². The first kappa shape index (κ1) is 12.6. The standard InChI is InChI=1S/C11H17BrN2O/c1-13-10(6-4-8-15-2)11-9(12)5-3-7-14-11/h3,5,7,10,13H,4,6,8H2,1-2H3. The zero-order valence-electron chi connectivity index (χ0n) is 9.16. The van der Waals surface area contributed by atoms with Gasteiger partial charge < -0.3 is 10.1 Å². The minimum absolute atomic E-state index is 0.288. The van der Waals surface area contributed by atoms with Crippen LogP contribution in [0, 0.1) is 0 Å². The summed E-state index contributed by atoms with van der Waals surface area (Å²) in [5.41, 5.74) is 1.07. The molecule has 0 amide bonds. The van der Waals surface area contributed by atoms with E-state index in [1.807, 2.05) is 25.4 Å². The highest BCUT2D eigenvalue weighted by Gasteiger charge is 2.12. The smallest absolute Gasteiger partial charge is 0.0714 e. The highest BCUT2D eigenvalue weighted by Crippen LogP contribution is 2.23. The molecule has 4 heteroatoms. The number of ether oxygens (including phenoxy) is 1. The first-order valence-electron chi connectivity index (χ1n) is 5.06. The molecule has 1 aromatic rings. The molecule has 3 nitrogen and oxygen atoms in total. The summed E-state index contributed by atoms with van der Waals surface area (Å²) >= 11 is 3.51. The average molecular weight is 273 g/mol. The molecule has 0 spiro atoms. The second-order valence-electron chi connectivity index (χ2n) is 3.35. The molecular weight excluding hydrogens is 256 g/mol. The largest absolute Gasteiger partial charge is 0.385 e. The molecule has 0 fully saturated rings. The number of aromatic nitrogens is 1. The predicted octanol–water partition coefficient (Wildman–Crippen LogP) is 2.53. The number of nitrogens with zero attached hydrogens (tertiary/aromatic N) is 1. The fourth-order valence-corrected chi connectivity index (χ4v) is 2.04. The minimum atomic E-state index is 0.288. The highest BCUT2D eigenvalue weighted by molar-refractivity contribution is 9.10. The van der Waals surface area contributed by atoms with Crippen molar-refractivity contribution in [3.8, 4) is 0 Å². The van der Waals surface area contributed by atoms with Gasteiger partial charge in [0.25, 0.3) is 0 Å². The van der Waals surface area contributed by atoms with E-state index in [2.05, 4.69) is 26.2 Å². The van der Waals surface area contributed by atoms with Gasteiger partial charge in [0, 0.05) is 24.4 Å². The zero-order chi connectivity index (χ0) is 11.1. The van der Waals surface area contributed by atoms with Crippen LogP contribution in [0.15, 0.2) is 22.8 Å². The van der Waals surface area contributed by atoms with Crippen molar-refractivity contribution >= 4 is 15.9 Å². The summed E-state index contributed by atoms with van der Waals surface area (Å²) in [4.78, 5) is 4.38. The Morgan fingerprint density at radius 1 is 1.60 bits per heavy atom. The summed E-state index contributed by atoms with van der Waals surface area (Å²) in [5, 5.41) is 3.27. The fourth-order valence-electron chi connectivity index (χ4n) is 1.50. The Kier molecular flexibility index (Phi) is 5.83. The Hall–Kier alpha value is -0.450. The molecule has 84 valence electrons. The summed E-state index contributed by atoms with van der Waals surface area (Å²) in [6.45, 7) is 0.794. The van der Waals surface area contributed by atoms with Crippen molar-refractivity contribution in [2.75, 3.05) is 20.8 Å². The van der Waals surface area contributed by atoms with Crippen LogP contribution < -0.4 is 5.32 Å². The maximum Gasteiger partial charge on any atom is 0.0714 e. The second-order valence-corrected chi connectivity index (χ2v) is 4.20. The Morgan fingerprint density at radius 2 is 2.40 bits per heavy atom. The van der Waals surface area contributed by atoms with E-state index in [1.165, 1.54) is 0 Å². The highest BCUT2D eigenvalue weighted by atomic mass is 79.9. The Bertz CT molecular complexity index is 294. The van der Waals surface area contributed by atoms with Gasteiger partial charge in [0.1, 0.15) is 0 Å². The van der Waals surface area contributed by atoms with Crippen molar-refractivity contribution in [1.29, 1.82) is 0 Å². The summed E-state index contributed by atoms with van der Waals surface area (Å²) in [6.07, 6.45) is 3.88. The molecule has 0 saturated heterocycles. The van der Waals surface area contributed by atoms with Crippen LogP contribution in [0.3, 0.4) is 0 Å². The lowest BCUT2D eigenvalue weighted by Crippen LogP contribution is -2.18. The lowest BCUT2D eigenvalue weighted by atomic mass is 10.1. The molecule has 0 bridgehead atoms. The van der Waals surface area contributed by atoms with Gasteiger partial charge >= 0.3 is 0 Å². The third-order valence-electron chi connectivity index (χ3n) is 2.31. The predicted molar refractivity (Wildman–Crippen MR) is 64.8 cm³/mol. The third-order valence-corrected chi connectivity index (χ3v) is 2.98. The number of rotatable bonds is 6. The molecule has 0 aliphatic carbocycles. The second kappa shape index (κ2) is 6.93. The summed E-state index contributed by atoms with van der Waals surface area (Å²) in [6, 6.07) is 4.23. The molecule has 1 rings (SSSR count). The molecule has 0 aliphatic heterocycles. The van der Waals surface area contributed by atoms with Gasteiger partial charge in [-0.3, -0.25) is 4.98 Å². The van der Waals surface area contributed by atoms with Gasteiger partial charge in [-0.2, -0.15) is 0 Å². The lowest BCUT2D eigenvalue weighted by Gasteiger charge is -2.16. The third kappa shape index (κ3) is 3.89. The average Bonchev–Trinajstić information content (AvgIpc) is 2.26. The van der Waals surface area contributed by atoms with Gasteiger partial charge in [0.2, 0.25) is 0 Å². The maximum absolute atomic E-state index is 5.04. The van der Waals surface area contributed by atoms with Crippen LogP contribution in [0.25, 0.3) is 0 Å². The number of pyridine rings is 1. The van der Waals surface area contributed by atoms with E-state index in [4.69, 9.17) is 4.74 Å². The normalized spacial score (nSPS) is 12.7. The molecule has 15 heavy (non-hydrogen) atoms. The van der Waals surface area contributed by atoms with Gasteiger partial charge in [-0.15, -0.1) is 0 Å². The van der Waals surface area contributed by atoms with Crippen LogP contribution in [0.5, 0.6) is 0 Å². The van der Waals surface area contributed by atoms with Gasteiger partial charge in [0.15, 0.2) is 0 Å². The monoisotopic (exact) mass is 272 g/mol. The molecule has 0 aliphatic rings. The van der Waals surface area contributed by atoms with E-state index < -0.39 is 0 Å². The molecule has 1 unspecified atom stereocenters. The van der Waals surface area contributed by atoms with Crippen LogP contribution in [0.1, 0.15) is 24.6 Å². The molecule has 0 saturated carbocycles. The first-order valence-corrected chi connectivity index (χ1v) is 5.85.